The molecule has 2 aliphatic heterocycles. The summed E-state index contributed by atoms with van der Waals surface area (Å²) in [5.74, 6) is 0.884. The van der Waals surface area contributed by atoms with Crippen molar-refractivity contribution in [1.82, 2.24) is 9.80 Å². The Bertz CT molecular complexity index is 987. The summed E-state index contributed by atoms with van der Waals surface area (Å²) in [6.07, 6.45) is 3.08. The molecule has 1 amide bonds. The minimum Gasteiger partial charge on any atom is -0.483 e. The van der Waals surface area contributed by atoms with Crippen LogP contribution in [0.5, 0.6) is 5.75 Å². The summed E-state index contributed by atoms with van der Waals surface area (Å²) in [5, 5.41) is 8.95. The second-order valence-electron chi connectivity index (χ2n) is 8.59. The van der Waals surface area contributed by atoms with Crippen LogP contribution >= 0.6 is 0 Å². The lowest BCUT2D eigenvalue weighted by Gasteiger charge is -2.57. The lowest BCUT2D eigenvalue weighted by Crippen LogP contribution is -2.65. The molecule has 0 bridgehead atoms. The maximum atomic E-state index is 12.5. The number of carboxylic acid groups (broad SMARTS) is 1. The molecule has 1 spiro atoms. The highest BCUT2D eigenvalue weighted by atomic mass is 16.5. The van der Waals surface area contributed by atoms with Crippen LogP contribution in [0, 0.1) is 5.41 Å². The lowest BCUT2D eigenvalue weighted by atomic mass is 9.62. The third-order valence-corrected chi connectivity index (χ3v) is 6.38. The largest absolute Gasteiger partial charge is 0.483 e. The summed E-state index contributed by atoms with van der Waals surface area (Å²) in [5.41, 5.74) is 2.61. The number of ether oxygens (including phenoxy) is 1. The van der Waals surface area contributed by atoms with Crippen molar-refractivity contribution < 1.29 is 19.1 Å². The van der Waals surface area contributed by atoms with E-state index in [1.54, 1.807) is 0 Å². The predicted octanol–water partition coefficient (Wildman–Crippen LogP) is 2.72. The van der Waals surface area contributed by atoms with Crippen LogP contribution in [0.1, 0.15) is 29.7 Å². The Hall–Kier alpha value is -2.80. The minimum absolute atomic E-state index is 0.0432. The fourth-order valence-corrected chi connectivity index (χ4v) is 4.84. The maximum absolute atomic E-state index is 12.5. The fourth-order valence-electron chi connectivity index (χ4n) is 4.84. The summed E-state index contributed by atoms with van der Waals surface area (Å²) in [4.78, 5) is 27.0. The first-order valence-corrected chi connectivity index (χ1v) is 10.1. The predicted molar refractivity (Wildman–Crippen MR) is 105 cm³/mol. The molecule has 2 fully saturated rings. The molecule has 152 valence electrons. The number of hydrogen-bond acceptors (Lipinski definition) is 5. The maximum Gasteiger partial charge on any atom is 0.407 e. The van der Waals surface area contributed by atoms with E-state index in [9.17, 15) is 9.59 Å². The quantitative estimate of drug-likeness (QED) is 0.856. The number of fused-ring (bicyclic) bond motifs is 1. The molecule has 0 atom stereocenters. The van der Waals surface area contributed by atoms with E-state index in [-0.39, 0.29) is 22.7 Å². The first-order valence-electron chi connectivity index (χ1n) is 10.1. The zero-order chi connectivity index (χ0) is 20.0. The number of carbonyl (C=O) groups is 1. The van der Waals surface area contributed by atoms with Crippen LogP contribution in [0.2, 0.25) is 0 Å². The van der Waals surface area contributed by atoms with E-state index in [2.05, 4.69) is 29.2 Å². The van der Waals surface area contributed by atoms with E-state index in [1.807, 2.05) is 0 Å². The van der Waals surface area contributed by atoms with Crippen LogP contribution < -0.4 is 10.2 Å². The van der Waals surface area contributed by atoms with Crippen LogP contribution in [0.15, 0.2) is 45.8 Å². The Labute approximate surface area is 168 Å². The molecule has 3 aliphatic rings. The number of likely N-dealkylation sites (tertiary alicyclic amines) is 1. The normalized spacial score (nSPS) is 20.6. The number of nitrogens with zero attached hydrogens (tertiary/aromatic N) is 2. The highest BCUT2D eigenvalue weighted by molar-refractivity contribution is 5.66. The molecule has 1 aromatic carbocycles. The third-order valence-electron chi connectivity index (χ3n) is 6.38. The monoisotopic (exact) mass is 396 g/mol. The number of amides is 1. The van der Waals surface area contributed by atoms with E-state index < -0.39 is 6.09 Å². The Kier molecular flexibility index (Phi) is 4.35. The van der Waals surface area contributed by atoms with Gasteiger partial charge in [-0.25, -0.2) is 4.79 Å². The summed E-state index contributed by atoms with van der Waals surface area (Å²) in [6.45, 7) is 3.52. The van der Waals surface area contributed by atoms with Gasteiger partial charge in [0.1, 0.15) is 18.1 Å². The van der Waals surface area contributed by atoms with Crippen molar-refractivity contribution in [2.45, 2.75) is 38.5 Å². The summed E-state index contributed by atoms with van der Waals surface area (Å²) in [6, 6.07) is 9.98. The van der Waals surface area contributed by atoms with Gasteiger partial charge in [-0.2, -0.15) is 0 Å². The van der Waals surface area contributed by atoms with E-state index >= 15 is 0 Å². The fraction of sp³-hybridized carbons (Fsp3) is 0.455. The van der Waals surface area contributed by atoms with Gasteiger partial charge >= 0.3 is 6.09 Å². The second kappa shape index (κ2) is 6.91. The van der Waals surface area contributed by atoms with Gasteiger partial charge in [-0.1, -0.05) is 24.3 Å². The number of benzene rings is 1. The zero-order valence-corrected chi connectivity index (χ0v) is 16.2. The Balaban J connectivity index is 1.16. The molecule has 0 unspecified atom stereocenters. The average molecular weight is 396 g/mol. The third kappa shape index (κ3) is 3.51. The van der Waals surface area contributed by atoms with Gasteiger partial charge in [0.05, 0.1) is 6.54 Å². The van der Waals surface area contributed by atoms with E-state index in [0.717, 1.165) is 32.4 Å². The van der Waals surface area contributed by atoms with Gasteiger partial charge in [0.25, 0.3) is 0 Å². The van der Waals surface area contributed by atoms with Gasteiger partial charge < -0.3 is 19.2 Å². The van der Waals surface area contributed by atoms with Crippen molar-refractivity contribution in [3.63, 3.8) is 0 Å². The van der Waals surface area contributed by atoms with Crippen molar-refractivity contribution in [3.05, 3.63) is 63.7 Å². The van der Waals surface area contributed by atoms with Crippen molar-refractivity contribution in [2.24, 2.45) is 5.41 Å². The Morgan fingerprint density at radius 1 is 1.24 bits per heavy atom. The molecule has 7 heteroatoms. The zero-order valence-electron chi connectivity index (χ0n) is 16.2. The van der Waals surface area contributed by atoms with Gasteiger partial charge in [0, 0.05) is 37.7 Å². The molecule has 2 aromatic rings. The molecule has 29 heavy (non-hydrogen) atoms. The standard InChI is InChI=1S/C22H24N2O5/c25-19-7-17(11-23-6-5-15-3-1-2-4-16(15)10-23)28-12-20(19)29-18-8-22(9-18)13-24(14-22)21(26)27/h1-4,7,12,18H,5-6,8-11,13-14H2,(H,26,27). The summed E-state index contributed by atoms with van der Waals surface area (Å²) in [7, 11) is 0. The van der Waals surface area contributed by atoms with Gasteiger partial charge in [0.15, 0.2) is 0 Å². The highest BCUT2D eigenvalue weighted by Gasteiger charge is 2.55. The van der Waals surface area contributed by atoms with E-state index in [1.165, 1.54) is 28.4 Å². The van der Waals surface area contributed by atoms with Crippen LogP contribution in [0.4, 0.5) is 4.79 Å². The highest BCUT2D eigenvalue weighted by Crippen LogP contribution is 2.49. The molecule has 5 rings (SSSR count). The number of hydrogen-bond donors (Lipinski definition) is 1. The molecular formula is C22H24N2O5. The van der Waals surface area contributed by atoms with Crippen LogP contribution in [-0.4, -0.2) is 46.7 Å². The molecule has 1 saturated carbocycles. The molecule has 1 saturated heterocycles. The van der Waals surface area contributed by atoms with Crippen molar-refractivity contribution in [1.29, 1.82) is 0 Å². The lowest BCUT2D eigenvalue weighted by molar-refractivity contribution is -0.107. The molecule has 0 radical (unpaired) electrons. The molecule has 7 nitrogen and oxygen atoms in total. The van der Waals surface area contributed by atoms with Gasteiger partial charge in [0.2, 0.25) is 11.2 Å². The van der Waals surface area contributed by atoms with Crippen molar-refractivity contribution in [2.75, 3.05) is 19.6 Å². The smallest absolute Gasteiger partial charge is 0.407 e. The SMILES string of the molecule is O=C(O)N1CC2(CC(Oc3coc(CN4CCc5ccccc5C4)cc3=O)C2)C1. The Morgan fingerprint density at radius 2 is 2.00 bits per heavy atom. The average Bonchev–Trinajstić information content (AvgIpc) is 2.63. The molecule has 3 heterocycles. The van der Waals surface area contributed by atoms with Crippen LogP contribution in [-0.2, 0) is 19.5 Å². The van der Waals surface area contributed by atoms with Gasteiger partial charge in [-0.05, 0) is 30.4 Å². The molecular weight excluding hydrogens is 372 g/mol. The molecule has 1 N–H and O–H groups in total. The van der Waals surface area contributed by atoms with Crippen molar-refractivity contribution >= 4 is 6.09 Å². The van der Waals surface area contributed by atoms with Crippen LogP contribution in [0.3, 0.4) is 0 Å². The van der Waals surface area contributed by atoms with Crippen LogP contribution in [0.25, 0.3) is 0 Å². The first-order chi connectivity index (χ1) is 14.0. The van der Waals surface area contributed by atoms with Crippen molar-refractivity contribution in [3.8, 4) is 5.75 Å². The number of rotatable bonds is 4. The second-order valence-corrected chi connectivity index (χ2v) is 8.59. The molecule has 1 aliphatic carbocycles. The van der Waals surface area contributed by atoms with E-state index in [4.69, 9.17) is 14.3 Å². The summed E-state index contributed by atoms with van der Waals surface area (Å²) < 4.78 is 11.5. The minimum atomic E-state index is -0.867. The molecule has 1 aromatic heterocycles. The van der Waals surface area contributed by atoms with E-state index in [0.29, 0.717) is 25.4 Å². The summed E-state index contributed by atoms with van der Waals surface area (Å²) >= 11 is 0. The van der Waals surface area contributed by atoms with Gasteiger partial charge in [-0.3, -0.25) is 9.69 Å². The topological polar surface area (TPSA) is 83.2 Å². The Morgan fingerprint density at radius 3 is 2.72 bits per heavy atom. The first kappa shape index (κ1) is 18.2. The van der Waals surface area contributed by atoms with Gasteiger partial charge in [-0.15, -0.1) is 0 Å².